The highest BCUT2D eigenvalue weighted by atomic mass is 16.5. The van der Waals surface area contributed by atoms with Crippen molar-refractivity contribution in [2.45, 2.75) is 26.4 Å². The summed E-state index contributed by atoms with van der Waals surface area (Å²) < 4.78 is 13.3. The molecule has 2 aromatic rings. The molecule has 1 N–H and O–H groups in total. The molecule has 0 amide bonds. The van der Waals surface area contributed by atoms with Crippen LogP contribution in [-0.2, 0) is 13.1 Å². The number of nitrogens with zero attached hydrogens (tertiary/aromatic N) is 2. The summed E-state index contributed by atoms with van der Waals surface area (Å²) >= 11 is 0. The maximum Gasteiger partial charge on any atom is 0.161 e. The van der Waals surface area contributed by atoms with E-state index >= 15 is 0 Å². The van der Waals surface area contributed by atoms with Gasteiger partial charge in [-0.15, -0.1) is 0 Å². The van der Waals surface area contributed by atoms with Gasteiger partial charge in [-0.2, -0.15) is 5.10 Å². The van der Waals surface area contributed by atoms with E-state index < -0.39 is 0 Å². The molecule has 0 aliphatic carbocycles. The molecular weight excluding hydrogens is 266 g/mol. The highest BCUT2D eigenvalue weighted by Crippen LogP contribution is 2.30. The van der Waals surface area contributed by atoms with Gasteiger partial charge in [0.1, 0.15) is 0 Å². The lowest BCUT2D eigenvalue weighted by Crippen LogP contribution is -2.19. The van der Waals surface area contributed by atoms with Crippen LogP contribution in [0.3, 0.4) is 0 Å². The minimum Gasteiger partial charge on any atom is -0.490 e. The molecule has 5 nitrogen and oxygen atoms in total. The van der Waals surface area contributed by atoms with Crippen molar-refractivity contribution < 1.29 is 9.47 Å². The molecule has 3 rings (SSSR count). The van der Waals surface area contributed by atoms with Gasteiger partial charge in [0.15, 0.2) is 11.5 Å². The Balaban J connectivity index is 1.50. The third kappa shape index (κ3) is 3.76. The molecule has 0 saturated carbocycles. The van der Waals surface area contributed by atoms with Crippen LogP contribution in [0, 0.1) is 6.92 Å². The first-order valence-electron chi connectivity index (χ1n) is 7.39. The number of nitrogens with one attached hydrogen (secondary N) is 1. The minimum atomic E-state index is 0.725. The van der Waals surface area contributed by atoms with Gasteiger partial charge in [0.2, 0.25) is 0 Å². The smallest absolute Gasteiger partial charge is 0.161 e. The van der Waals surface area contributed by atoms with Gasteiger partial charge in [-0.05, 0) is 30.2 Å². The van der Waals surface area contributed by atoms with Crippen molar-refractivity contribution in [3.05, 3.63) is 41.7 Å². The number of fused-ring (bicyclic) bond motifs is 1. The zero-order valence-electron chi connectivity index (χ0n) is 12.3. The van der Waals surface area contributed by atoms with E-state index in [1.165, 1.54) is 11.1 Å². The number of hydrogen-bond acceptors (Lipinski definition) is 4. The Labute approximate surface area is 124 Å². The third-order valence-electron chi connectivity index (χ3n) is 3.42. The van der Waals surface area contributed by atoms with E-state index in [0.29, 0.717) is 0 Å². The lowest BCUT2D eigenvalue weighted by atomic mass is 10.2. The van der Waals surface area contributed by atoms with E-state index in [9.17, 15) is 0 Å². The number of aromatic nitrogens is 2. The Hall–Kier alpha value is -2.01. The van der Waals surface area contributed by atoms with Crippen LogP contribution < -0.4 is 14.8 Å². The molecule has 0 atom stereocenters. The number of hydrogen-bond donors (Lipinski definition) is 1. The van der Waals surface area contributed by atoms with Crippen LogP contribution in [0.2, 0.25) is 0 Å². The van der Waals surface area contributed by atoms with Crippen LogP contribution in [0.25, 0.3) is 0 Å². The number of aryl methyl sites for hydroxylation is 1. The monoisotopic (exact) mass is 287 g/mol. The van der Waals surface area contributed by atoms with Crippen LogP contribution in [0.15, 0.2) is 30.6 Å². The zero-order valence-corrected chi connectivity index (χ0v) is 12.3. The average Bonchev–Trinajstić information content (AvgIpc) is 2.76. The molecule has 1 aliphatic heterocycles. The molecule has 1 aromatic carbocycles. The van der Waals surface area contributed by atoms with Gasteiger partial charge in [-0.1, -0.05) is 6.07 Å². The highest BCUT2D eigenvalue weighted by Gasteiger charge is 2.10. The van der Waals surface area contributed by atoms with Crippen LogP contribution in [0.5, 0.6) is 11.5 Å². The van der Waals surface area contributed by atoms with Gasteiger partial charge >= 0.3 is 0 Å². The predicted molar refractivity (Wildman–Crippen MR) is 80.7 cm³/mol. The lowest BCUT2D eigenvalue weighted by Gasteiger charge is -2.10. The highest BCUT2D eigenvalue weighted by molar-refractivity contribution is 5.43. The molecule has 0 bridgehead atoms. The summed E-state index contributed by atoms with van der Waals surface area (Å²) in [7, 11) is 0. The second kappa shape index (κ2) is 6.63. The first-order chi connectivity index (χ1) is 10.3. The predicted octanol–water partition coefficient (Wildman–Crippen LogP) is 2.14. The zero-order chi connectivity index (χ0) is 14.5. The van der Waals surface area contributed by atoms with Crippen LogP contribution in [0.1, 0.15) is 17.5 Å². The molecular formula is C16H21N3O2. The van der Waals surface area contributed by atoms with Crippen molar-refractivity contribution in [1.29, 1.82) is 0 Å². The first-order valence-corrected chi connectivity index (χ1v) is 7.39. The summed E-state index contributed by atoms with van der Waals surface area (Å²) in [6.45, 7) is 6.08. The number of rotatable bonds is 5. The Kier molecular flexibility index (Phi) is 4.40. The fourth-order valence-electron chi connectivity index (χ4n) is 2.33. The summed E-state index contributed by atoms with van der Waals surface area (Å²) in [5.74, 6) is 1.71. The van der Waals surface area contributed by atoms with E-state index in [-0.39, 0.29) is 0 Å². The van der Waals surface area contributed by atoms with E-state index in [1.54, 1.807) is 0 Å². The second-order valence-electron chi connectivity index (χ2n) is 5.29. The first kappa shape index (κ1) is 13.9. The molecule has 21 heavy (non-hydrogen) atoms. The van der Waals surface area contributed by atoms with Crippen molar-refractivity contribution in [3.63, 3.8) is 0 Å². The summed E-state index contributed by atoms with van der Waals surface area (Å²) in [4.78, 5) is 0. The fourth-order valence-corrected chi connectivity index (χ4v) is 2.33. The van der Waals surface area contributed by atoms with Crippen molar-refractivity contribution in [2.24, 2.45) is 0 Å². The standard InChI is InChI=1S/C16H21N3O2/c1-13-10-18-19(12-13)6-5-17-11-14-3-4-15-16(9-14)21-8-2-7-20-15/h3-4,9-10,12,17H,2,5-8,11H2,1H3. The molecule has 0 spiro atoms. The molecule has 0 saturated heterocycles. The summed E-state index contributed by atoms with van der Waals surface area (Å²) in [6.07, 6.45) is 4.87. The summed E-state index contributed by atoms with van der Waals surface area (Å²) in [5.41, 5.74) is 2.40. The topological polar surface area (TPSA) is 48.3 Å². The fraction of sp³-hybridized carbons (Fsp3) is 0.438. The molecule has 2 heterocycles. The summed E-state index contributed by atoms with van der Waals surface area (Å²) in [5, 5.41) is 7.69. The van der Waals surface area contributed by atoms with E-state index in [1.807, 2.05) is 16.9 Å². The van der Waals surface area contributed by atoms with Crippen molar-refractivity contribution >= 4 is 0 Å². The molecule has 1 aliphatic rings. The second-order valence-corrected chi connectivity index (χ2v) is 5.29. The molecule has 112 valence electrons. The van der Waals surface area contributed by atoms with E-state index in [2.05, 4.69) is 35.7 Å². The van der Waals surface area contributed by atoms with Gasteiger partial charge in [0.25, 0.3) is 0 Å². The quantitative estimate of drug-likeness (QED) is 0.856. The minimum absolute atomic E-state index is 0.725. The lowest BCUT2D eigenvalue weighted by molar-refractivity contribution is 0.297. The van der Waals surface area contributed by atoms with Crippen LogP contribution >= 0.6 is 0 Å². The van der Waals surface area contributed by atoms with Crippen LogP contribution in [0.4, 0.5) is 0 Å². The van der Waals surface area contributed by atoms with Crippen molar-refractivity contribution in [3.8, 4) is 11.5 Å². The number of ether oxygens (including phenoxy) is 2. The maximum absolute atomic E-state index is 5.70. The van der Waals surface area contributed by atoms with Crippen molar-refractivity contribution in [1.82, 2.24) is 15.1 Å². The number of benzene rings is 1. The Morgan fingerprint density at radius 1 is 1.24 bits per heavy atom. The van der Waals surface area contributed by atoms with Crippen LogP contribution in [-0.4, -0.2) is 29.5 Å². The van der Waals surface area contributed by atoms with Gasteiger partial charge in [-0.3, -0.25) is 4.68 Å². The maximum atomic E-state index is 5.70. The molecule has 0 radical (unpaired) electrons. The van der Waals surface area contributed by atoms with E-state index in [4.69, 9.17) is 9.47 Å². The van der Waals surface area contributed by atoms with Gasteiger partial charge in [0, 0.05) is 25.7 Å². The Morgan fingerprint density at radius 3 is 2.90 bits per heavy atom. The van der Waals surface area contributed by atoms with Gasteiger partial charge < -0.3 is 14.8 Å². The Morgan fingerprint density at radius 2 is 2.10 bits per heavy atom. The molecule has 0 fully saturated rings. The summed E-state index contributed by atoms with van der Waals surface area (Å²) in [6, 6.07) is 6.14. The van der Waals surface area contributed by atoms with Crippen molar-refractivity contribution in [2.75, 3.05) is 19.8 Å². The normalized spacial score (nSPS) is 14.0. The molecule has 0 unspecified atom stereocenters. The van der Waals surface area contributed by atoms with Gasteiger partial charge in [-0.25, -0.2) is 0 Å². The average molecular weight is 287 g/mol. The van der Waals surface area contributed by atoms with Gasteiger partial charge in [0.05, 0.1) is 26.0 Å². The molecule has 1 aromatic heterocycles. The van der Waals surface area contributed by atoms with E-state index in [0.717, 1.165) is 50.8 Å². The third-order valence-corrected chi connectivity index (χ3v) is 3.42. The Bertz CT molecular complexity index is 595. The largest absolute Gasteiger partial charge is 0.490 e. The SMILES string of the molecule is Cc1cnn(CCNCc2ccc3c(c2)OCCCO3)c1. The molecule has 5 heteroatoms.